The van der Waals surface area contributed by atoms with Gasteiger partial charge in [-0.3, -0.25) is 4.79 Å². The first-order valence-corrected chi connectivity index (χ1v) is 5.42. The molecule has 1 aromatic heterocycles. The van der Waals surface area contributed by atoms with Crippen LogP contribution in [-0.4, -0.2) is 28.9 Å². The van der Waals surface area contributed by atoms with Crippen LogP contribution in [0.25, 0.3) is 0 Å². The summed E-state index contributed by atoms with van der Waals surface area (Å²) in [7, 11) is 0. The van der Waals surface area contributed by atoms with Crippen LogP contribution in [0.4, 0.5) is 5.69 Å². The number of hydrogen-bond acceptors (Lipinski definition) is 2. The van der Waals surface area contributed by atoms with Gasteiger partial charge < -0.3 is 15.6 Å². The Morgan fingerprint density at radius 3 is 2.73 bits per heavy atom. The van der Waals surface area contributed by atoms with Crippen molar-refractivity contribution in [3.05, 3.63) is 18.0 Å². The molecule has 0 aliphatic rings. The van der Waals surface area contributed by atoms with E-state index in [1.807, 2.05) is 11.8 Å². The van der Waals surface area contributed by atoms with Gasteiger partial charge >= 0.3 is 0 Å². The monoisotopic (exact) mass is 209 g/mol. The molecule has 3 N–H and O–H groups in total. The number of carbonyl (C=O) groups is 1. The van der Waals surface area contributed by atoms with Crippen molar-refractivity contribution in [3.63, 3.8) is 0 Å². The number of anilines is 1. The molecular formula is C11H19N3O. The number of amides is 1. The van der Waals surface area contributed by atoms with Crippen molar-refractivity contribution in [1.29, 1.82) is 0 Å². The van der Waals surface area contributed by atoms with Crippen LogP contribution in [0, 0.1) is 0 Å². The molecule has 0 aliphatic heterocycles. The minimum atomic E-state index is 0.0302. The fourth-order valence-electron chi connectivity index (χ4n) is 1.46. The topological polar surface area (TPSA) is 62.1 Å². The lowest BCUT2D eigenvalue weighted by atomic mass is 10.3. The molecule has 0 aliphatic carbocycles. The molecule has 4 nitrogen and oxygen atoms in total. The molecule has 1 amide bonds. The first kappa shape index (κ1) is 11.6. The van der Waals surface area contributed by atoms with E-state index in [4.69, 9.17) is 5.73 Å². The molecule has 4 heteroatoms. The van der Waals surface area contributed by atoms with Gasteiger partial charge in [0.2, 0.25) is 0 Å². The van der Waals surface area contributed by atoms with Gasteiger partial charge in [-0.25, -0.2) is 0 Å². The smallest absolute Gasteiger partial charge is 0.270 e. The number of nitrogens with one attached hydrogen (secondary N) is 1. The summed E-state index contributed by atoms with van der Waals surface area (Å²) in [4.78, 5) is 16.6. The van der Waals surface area contributed by atoms with Crippen LogP contribution in [0.3, 0.4) is 0 Å². The lowest BCUT2D eigenvalue weighted by Crippen LogP contribution is -2.31. The van der Waals surface area contributed by atoms with E-state index in [0.717, 1.165) is 25.9 Å². The Kier molecular flexibility index (Phi) is 4.21. The Bertz CT molecular complexity index is 319. The van der Waals surface area contributed by atoms with E-state index < -0.39 is 0 Å². The zero-order valence-electron chi connectivity index (χ0n) is 9.42. The maximum atomic E-state index is 11.9. The molecule has 0 unspecified atom stereocenters. The van der Waals surface area contributed by atoms with E-state index in [-0.39, 0.29) is 5.91 Å². The van der Waals surface area contributed by atoms with Gasteiger partial charge in [-0.2, -0.15) is 0 Å². The van der Waals surface area contributed by atoms with Gasteiger partial charge in [-0.05, 0) is 19.4 Å². The Morgan fingerprint density at radius 2 is 2.27 bits per heavy atom. The minimum Gasteiger partial charge on any atom is -0.397 e. The summed E-state index contributed by atoms with van der Waals surface area (Å²) in [5, 5.41) is 0. The summed E-state index contributed by atoms with van der Waals surface area (Å²) >= 11 is 0. The van der Waals surface area contributed by atoms with Crippen LogP contribution in [-0.2, 0) is 0 Å². The normalized spacial score (nSPS) is 10.3. The number of aromatic amines is 1. The molecule has 15 heavy (non-hydrogen) atoms. The predicted molar refractivity (Wildman–Crippen MR) is 61.7 cm³/mol. The molecule has 0 fully saturated rings. The number of H-pyrrole nitrogens is 1. The van der Waals surface area contributed by atoms with Gasteiger partial charge in [0.25, 0.3) is 5.91 Å². The van der Waals surface area contributed by atoms with Crippen molar-refractivity contribution >= 4 is 11.6 Å². The third kappa shape index (κ3) is 3.01. The Balaban J connectivity index is 2.64. The van der Waals surface area contributed by atoms with Gasteiger partial charge in [0, 0.05) is 25.0 Å². The van der Waals surface area contributed by atoms with Gasteiger partial charge in [0.15, 0.2) is 0 Å². The SMILES string of the molecule is CCCCN(CC)C(=O)c1cc(N)c[nH]1. The number of nitrogen functional groups attached to an aromatic ring is 1. The van der Waals surface area contributed by atoms with Crippen LogP contribution in [0.1, 0.15) is 37.2 Å². The van der Waals surface area contributed by atoms with E-state index in [9.17, 15) is 4.79 Å². The van der Waals surface area contributed by atoms with E-state index in [1.165, 1.54) is 0 Å². The zero-order valence-corrected chi connectivity index (χ0v) is 9.42. The van der Waals surface area contributed by atoms with Crippen LogP contribution >= 0.6 is 0 Å². The zero-order chi connectivity index (χ0) is 11.3. The summed E-state index contributed by atoms with van der Waals surface area (Å²) in [5.74, 6) is 0.0302. The molecule has 0 saturated heterocycles. The maximum absolute atomic E-state index is 11.9. The standard InChI is InChI=1S/C11H19N3O/c1-3-5-6-14(4-2)11(15)10-7-9(12)8-13-10/h7-8,13H,3-6,12H2,1-2H3. The summed E-state index contributed by atoms with van der Waals surface area (Å²) in [5.41, 5.74) is 6.73. The average Bonchev–Trinajstić information content (AvgIpc) is 2.65. The summed E-state index contributed by atoms with van der Waals surface area (Å²) in [6, 6.07) is 1.68. The predicted octanol–water partition coefficient (Wildman–Crippen LogP) is 1.86. The quantitative estimate of drug-likeness (QED) is 0.777. The van der Waals surface area contributed by atoms with Crippen molar-refractivity contribution in [2.24, 2.45) is 0 Å². The Labute approximate surface area is 90.5 Å². The van der Waals surface area contributed by atoms with Crippen LogP contribution in [0.2, 0.25) is 0 Å². The number of hydrogen-bond donors (Lipinski definition) is 2. The second kappa shape index (κ2) is 5.44. The summed E-state index contributed by atoms with van der Waals surface area (Å²) in [6.45, 7) is 5.65. The maximum Gasteiger partial charge on any atom is 0.270 e. The Morgan fingerprint density at radius 1 is 1.53 bits per heavy atom. The number of nitrogens with zero attached hydrogens (tertiary/aromatic N) is 1. The fraction of sp³-hybridized carbons (Fsp3) is 0.545. The lowest BCUT2D eigenvalue weighted by molar-refractivity contribution is 0.0757. The summed E-state index contributed by atoms with van der Waals surface area (Å²) < 4.78 is 0. The van der Waals surface area contributed by atoms with Crippen molar-refractivity contribution in [2.45, 2.75) is 26.7 Å². The molecule has 0 spiro atoms. The fourth-order valence-corrected chi connectivity index (χ4v) is 1.46. The highest BCUT2D eigenvalue weighted by atomic mass is 16.2. The number of nitrogens with two attached hydrogens (primary N) is 1. The van der Waals surface area contributed by atoms with Crippen molar-refractivity contribution in [3.8, 4) is 0 Å². The van der Waals surface area contributed by atoms with Gasteiger partial charge in [0.1, 0.15) is 5.69 Å². The summed E-state index contributed by atoms with van der Waals surface area (Å²) in [6.07, 6.45) is 3.77. The molecule has 0 saturated carbocycles. The van der Waals surface area contributed by atoms with Crippen molar-refractivity contribution in [2.75, 3.05) is 18.8 Å². The third-order valence-electron chi connectivity index (χ3n) is 2.39. The molecule has 1 heterocycles. The van der Waals surface area contributed by atoms with E-state index in [0.29, 0.717) is 11.4 Å². The molecule has 1 aromatic rings. The van der Waals surface area contributed by atoms with Gasteiger partial charge in [0.05, 0.1) is 0 Å². The number of aromatic nitrogens is 1. The molecule has 84 valence electrons. The molecular weight excluding hydrogens is 190 g/mol. The van der Waals surface area contributed by atoms with Gasteiger partial charge in [-0.15, -0.1) is 0 Å². The number of rotatable bonds is 5. The Hall–Kier alpha value is -1.45. The van der Waals surface area contributed by atoms with Crippen LogP contribution < -0.4 is 5.73 Å². The highest BCUT2D eigenvalue weighted by Crippen LogP contribution is 2.08. The molecule has 0 bridgehead atoms. The first-order valence-electron chi connectivity index (χ1n) is 5.42. The average molecular weight is 209 g/mol. The van der Waals surface area contributed by atoms with E-state index >= 15 is 0 Å². The van der Waals surface area contributed by atoms with E-state index in [1.54, 1.807) is 12.3 Å². The molecule has 1 rings (SSSR count). The molecule has 0 atom stereocenters. The first-order chi connectivity index (χ1) is 7.19. The van der Waals surface area contributed by atoms with Crippen molar-refractivity contribution < 1.29 is 4.79 Å². The lowest BCUT2D eigenvalue weighted by Gasteiger charge is -2.19. The minimum absolute atomic E-state index is 0.0302. The number of unbranched alkanes of at least 4 members (excludes halogenated alkanes) is 1. The van der Waals surface area contributed by atoms with Crippen molar-refractivity contribution in [1.82, 2.24) is 9.88 Å². The highest BCUT2D eigenvalue weighted by molar-refractivity contribution is 5.93. The molecule has 0 aromatic carbocycles. The largest absolute Gasteiger partial charge is 0.397 e. The molecule has 0 radical (unpaired) electrons. The number of carbonyl (C=O) groups excluding carboxylic acids is 1. The second-order valence-electron chi connectivity index (χ2n) is 3.59. The van der Waals surface area contributed by atoms with E-state index in [2.05, 4.69) is 11.9 Å². The third-order valence-corrected chi connectivity index (χ3v) is 2.39. The second-order valence-corrected chi connectivity index (χ2v) is 3.59. The van der Waals surface area contributed by atoms with Gasteiger partial charge in [-0.1, -0.05) is 13.3 Å². The highest BCUT2D eigenvalue weighted by Gasteiger charge is 2.14. The van der Waals surface area contributed by atoms with Crippen LogP contribution in [0.5, 0.6) is 0 Å². The van der Waals surface area contributed by atoms with Crippen LogP contribution in [0.15, 0.2) is 12.3 Å².